The summed E-state index contributed by atoms with van der Waals surface area (Å²) in [6.45, 7) is 0. The maximum Gasteiger partial charge on any atom is 0.122 e. The molecule has 0 heterocycles. The van der Waals surface area contributed by atoms with E-state index in [0.717, 1.165) is 28.0 Å². The molecule has 4 bridgehead atoms. The van der Waals surface area contributed by atoms with Crippen LogP contribution in [0.5, 0.6) is 5.75 Å². The number of hydrogen-bond acceptors (Lipinski definition) is 1. The van der Waals surface area contributed by atoms with Crippen LogP contribution in [-0.4, -0.2) is 7.11 Å². The van der Waals surface area contributed by atoms with Gasteiger partial charge >= 0.3 is 0 Å². The number of fused-ring (bicyclic) bond motifs is 1. The van der Waals surface area contributed by atoms with Crippen molar-refractivity contribution in [3.05, 3.63) is 64.6 Å². The quantitative estimate of drug-likeness (QED) is 0.399. The summed E-state index contributed by atoms with van der Waals surface area (Å²) in [6.07, 6.45) is 8.52. The number of benzene rings is 3. The minimum Gasteiger partial charge on any atom is -0.496 e. The molecule has 29 heavy (non-hydrogen) atoms. The molecule has 4 aliphatic rings. The van der Waals surface area contributed by atoms with Crippen LogP contribution >= 0.6 is 15.9 Å². The third-order valence-electron chi connectivity index (χ3n) is 7.94. The second-order valence-corrected chi connectivity index (χ2v) is 10.7. The third kappa shape index (κ3) is 2.94. The van der Waals surface area contributed by atoms with Gasteiger partial charge in [-0.25, -0.2) is 0 Å². The molecule has 4 aliphatic carbocycles. The van der Waals surface area contributed by atoms with Gasteiger partial charge in [0.2, 0.25) is 0 Å². The number of ether oxygens (including phenoxy) is 1. The fourth-order valence-corrected chi connectivity index (χ4v) is 7.52. The Morgan fingerprint density at radius 3 is 2.03 bits per heavy atom. The topological polar surface area (TPSA) is 9.23 Å². The summed E-state index contributed by atoms with van der Waals surface area (Å²) in [7, 11) is 1.84. The Labute approximate surface area is 181 Å². The smallest absolute Gasteiger partial charge is 0.122 e. The van der Waals surface area contributed by atoms with Crippen molar-refractivity contribution in [3.63, 3.8) is 0 Å². The molecule has 0 amide bonds. The Morgan fingerprint density at radius 2 is 1.34 bits per heavy atom. The van der Waals surface area contributed by atoms with Crippen molar-refractivity contribution in [2.45, 2.75) is 43.9 Å². The minimum absolute atomic E-state index is 0.345. The molecule has 0 aromatic heterocycles. The molecule has 0 aliphatic heterocycles. The highest BCUT2D eigenvalue weighted by molar-refractivity contribution is 9.10. The first-order chi connectivity index (χ1) is 14.1. The first-order valence-corrected chi connectivity index (χ1v) is 11.8. The summed E-state index contributed by atoms with van der Waals surface area (Å²) in [6, 6.07) is 20.3. The van der Waals surface area contributed by atoms with Gasteiger partial charge in [0, 0.05) is 10.0 Å². The van der Waals surface area contributed by atoms with Crippen LogP contribution in [0, 0.1) is 17.8 Å². The lowest BCUT2D eigenvalue weighted by molar-refractivity contribution is -0.00613. The maximum absolute atomic E-state index is 5.90. The Bertz CT molecular complexity index is 1060. The van der Waals surface area contributed by atoms with Crippen molar-refractivity contribution in [1.82, 2.24) is 0 Å². The molecule has 7 rings (SSSR count). The Hall–Kier alpha value is -1.80. The zero-order valence-corrected chi connectivity index (χ0v) is 18.5. The molecule has 0 N–H and O–H groups in total. The van der Waals surface area contributed by atoms with Crippen molar-refractivity contribution in [3.8, 4) is 16.9 Å². The van der Waals surface area contributed by atoms with Crippen LogP contribution in [0.25, 0.3) is 21.9 Å². The average Bonchev–Trinajstić information content (AvgIpc) is 2.72. The van der Waals surface area contributed by atoms with Crippen molar-refractivity contribution >= 4 is 26.7 Å². The predicted molar refractivity (Wildman–Crippen MR) is 123 cm³/mol. The third-order valence-corrected chi connectivity index (χ3v) is 8.44. The molecule has 3 aromatic rings. The van der Waals surface area contributed by atoms with Gasteiger partial charge in [-0.15, -0.1) is 0 Å². The summed E-state index contributed by atoms with van der Waals surface area (Å²) in [5.41, 5.74) is 4.44. The normalized spacial score (nSPS) is 30.1. The molecule has 4 saturated carbocycles. The average molecular weight is 447 g/mol. The summed E-state index contributed by atoms with van der Waals surface area (Å²) >= 11 is 3.58. The van der Waals surface area contributed by atoms with Crippen molar-refractivity contribution in [2.75, 3.05) is 7.11 Å². The van der Waals surface area contributed by atoms with Gasteiger partial charge in [-0.2, -0.15) is 0 Å². The van der Waals surface area contributed by atoms with E-state index < -0.39 is 0 Å². The fourth-order valence-electron chi connectivity index (χ4n) is 7.14. The molecule has 0 saturated heterocycles. The van der Waals surface area contributed by atoms with Crippen molar-refractivity contribution < 1.29 is 4.74 Å². The molecule has 1 nitrogen and oxygen atoms in total. The van der Waals surface area contributed by atoms with Crippen LogP contribution in [0.15, 0.2) is 59.1 Å². The second kappa shape index (κ2) is 6.60. The first kappa shape index (κ1) is 18.0. The second-order valence-electron chi connectivity index (χ2n) is 9.82. The zero-order valence-electron chi connectivity index (χ0n) is 17.0. The van der Waals surface area contributed by atoms with Gasteiger partial charge in [-0.05, 0) is 114 Å². The van der Waals surface area contributed by atoms with E-state index in [2.05, 4.69) is 70.5 Å². The SMILES string of the molecule is COc1ccc(-c2ccc3cc(Br)ccc3c2)cc1C12CC3CC(CC(C3)C1)C2. The summed E-state index contributed by atoms with van der Waals surface area (Å²) in [5.74, 6) is 3.91. The lowest BCUT2D eigenvalue weighted by Gasteiger charge is -2.57. The van der Waals surface area contributed by atoms with E-state index in [1.807, 2.05) is 7.11 Å². The van der Waals surface area contributed by atoms with Crippen molar-refractivity contribution in [1.29, 1.82) is 0 Å². The van der Waals surface area contributed by atoms with Gasteiger partial charge in [0.1, 0.15) is 5.75 Å². The summed E-state index contributed by atoms with van der Waals surface area (Å²) in [4.78, 5) is 0. The minimum atomic E-state index is 0.345. The van der Waals surface area contributed by atoms with E-state index in [1.165, 1.54) is 66.0 Å². The molecule has 3 aromatic carbocycles. The number of hydrogen-bond donors (Lipinski definition) is 0. The standard InChI is InChI=1S/C27H27BrO/c1-29-26-7-5-23(20-2-3-22-12-24(28)6-4-21(22)11-20)13-25(26)27-14-17-8-18(15-27)10-19(9-17)16-27/h2-7,11-13,17-19H,8-10,14-16H2,1H3. The van der Waals surface area contributed by atoms with Gasteiger partial charge in [-0.3, -0.25) is 0 Å². The Morgan fingerprint density at radius 1 is 0.759 bits per heavy atom. The molecule has 148 valence electrons. The van der Waals surface area contributed by atoms with E-state index in [9.17, 15) is 0 Å². The number of methoxy groups -OCH3 is 1. The Kier molecular flexibility index (Phi) is 4.10. The summed E-state index contributed by atoms with van der Waals surface area (Å²) in [5, 5.41) is 2.57. The molecule has 0 atom stereocenters. The van der Waals surface area contributed by atoms with Crippen molar-refractivity contribution in [2.24, 2.45) is 17.8 Å². The molecule has 4 fully saturated rings. The van der Waals surface area contributed by atoms with Gasteiger partial charge in [0.05, 0.1) is 7.11 Å². The molecular formula is C27H27BrO. The van der Waals surface area contributed by atoms with E-state index >= 15 is 0 Å². The van der Waals surface area contributed by atoms with E-state index in [0.29, 0.717) is 5.41 Å². The largest absolute Gasteiger partial charge is 0.496 e. The highest BCUT2D eigenvalue weighted by Gasteiger charge is 2.52. The molecule has 0 radical (unpaired) electrons. The van der Waals surface area contributed by atoms with E-state index in [-0.39, 0.29) is 0 Å². The summed E-state index contributed by atoms with van der Waals surface area (Å²) < 4.78 is 7.03. The molecule has 0 spiro atoms. The number of rotatable bonds is 3. The predicted octanol–water partition coefficient (Wildman–Crippen LogP) is 7.75. The van der Waals surface area contributed by atoms with E-state index in [1.54, 1.807) is 0 Å². The van der Waals surface area contributed by atoms with Gasteiger partial charge in [0.15, 0.2) is 0 Å². The molecular weight excluding hydrogens is 420 g/mol. The van der Waals surface area contributed by atoms with Crippen LogP contribution in [0.4, 0.5) is 0 Å². The zero-order chi connectivity index (χ0) is 19.6. The van der Waals surface area contributed by atoms with Crippen LogP contribution in [0.3, 0.4) is 0 Å². The van der Waals surface area contributed by atoms with Crippen LogP contribution in [0.2, 0.25) is 0 Å². The molecule has 2 heteroatoms. The lowest BCUT2D eigenvalue weighted by Crippen LogP contribution is -2.48. The highest BCUT2D eigenvalue weighted by Crippen LogP contribution is 2.62. The number of halogens is 1. The fraction of sp³-hybridized carbons (Fsp3) is 0.407. The van der Waals surface area contributed by atoms with Gasteiger partial charge in [-0.1, -0.05) is 40.2 Å². The van der Waals surface area contributed by atoms with Gasteiger partial charge < -0.3 is 4.74 Å². The Balaban J connectivity index is 1.46. The van der Waals surface area contributed by atoms with Crippen LogP contribution < -0.4 is 4.74 Å². The maximum atomic E-state index is 5.90. The van der Waals surface area contributed by atoms with E-state index in [4.69, 9.17) is 4.74 Å². The molecule has 0 unspecified atom stereocenters. The van der Waals surface area contributed by atoms with Gasteiger partial charge in [0.25, 0.3) is 0 Å². The van der Waals surface area contributed by atoms with Crippen LogP contribution in [-0.2, 0) is 5.41 Å². The lowest BCUT2D eigenvalue weighted by atomic mass is 9.48. The highest BCUT2D eigenvalue weighted by atomic mass is 79.9. The van der Waals surface area contributed by atoms with Crippen LogP contribution in [0.1, 0.15) is 44.1 Å². The monoisotopic (exact) mass is 446 g/mol. The first-order valence-electron chi connectivity index (χ1n) is 11.0.